The van der Waals surface area contributed by atoms with Crippen LogP contribution in [0.25, 0.3) is 0 Å². The van der Waals surface area contributed by atoms with E-state index >= 15 is 0 Å². The van der Waals surface area contributed by atoms with Gasteiger partial charge in [0.05, 0.1) is 6.42 Å². The number of carbonyl (C=O) groups excluding carboxylic acids is 2. The topological polar surface area (TPSA) is 75.4 Å². The summed E-state index contributed by atoms with van der Waals surface area (Å²) in [4.78, 5) is 25.4. The molecule has 0 saturated carbocycles. The Morgan fingerprint density at radius 1 is 1.46 bits per heavy atom. The van der Waals surface area contributed by atoms with Crippen LogP contribution in [0.5, 0.6) is 0 Å². The number of hydrogen-bond donors (Lipinski definition) is 2. The van der Waals surface area contributed by atoms with Crippen molar-refractivity contribution >= 4 is 17.5 Å². The summed E-state index contributed by atoms with van der Waals surface area (Å²) in [5.41, 5.74) is 6.59. The molecule has 1 aromatic carbocycles. The van der Waals surface area contributed by atoms with E-state index in [2.05, 4.69) is 10.2 Å². The first-order valence-electron chi connectivity index (χ1n) is 8.16. The number of hydrogen-bond acceptors (Lipinski definition) is 3. The van der Waals surface area contributed by atoms with E-state index in [1.165, 1.54) is 12.5 Å². The van der Waals surface area contributed by atoms with E-state index in [0.29, 0.717) is 13.0 Å². The van der Waals surface area contributed by atoms with Gasteiger partial charge in [-0.3, -0.25) is 9.59 Å². The van der Waals surface area contributed by atoms with Gasteiger partial charge in [-0.25, -0.2) is 4.39 Å². The number of nitrogens with one attached hydrogen (secondary N) is 1. The Bertz CT molecular complexity index is 631. The fourth-order valence-electron chi connectivity index (χ4n) is 2.75. The molecule has 131 valence electrons. The molecule has 0 aliphatic carbocycles. The lowest BCUT2D eigenvalue weighted by molar-refractivity contribution is -0.126. The van der Waals surface area contributed by atoms with Gasteiger partial charge in [0, 0.05) is 30.2 Å². The van der Waals surface area contributed by atoms with Crippen molar-refractivity contribution in [2.45, 2.75) is 39.7 Å². The Morgan fingerprint density at radius 2 is 2.17 bits per heavy atom. The van der Waals surface area contributed by atoms with Crippen molar-refractivity contribution in [3.8, 4) is 0 Å². The van der Waals surface area contributed by atoms with Gasteiger partial charge in [-0.2, -0.15) is 0 Å². The van der Waals surface area contributed by atoms with Crippen LogP contribution >= 0.6 is 0 Å². The number of carbonyl (C=O) groups is 2. The maximum atomic E-state index is 13.2. The molecule has 0 unspecified atom stereocenters. The number of nitrogens with two attached hydrogens (primary N) is 1. The molecule has 0 fully saturated rings. The number of primary amides is 1. The van der Waals surface area contributed by atoms with E-state index in [9.17, 15) is 14.0 Å². The quantitative estimate of drug-likeness (QED) is 0.798. The number of benzene rings is 1. The SMILES string of the molecule is C[C@@H](CN1CCc2cc(F)ccc21)NC(=O)[CH]CC(C)(C)C(N)=O. The molecule has 2 rings (SSSR count). The second-order valence-electron chi connectivity index (χ2n) is 7.04. The summed E-state index contributed by atoms with van der Waals surface area (Å²) < 4.78 is 13.2. The molecule has 1 aliphatic rings. The predicted octanol–water partition coefficient (Wildman–Crippen LogP) is 1.80. The molecule has 3 N–H and O–H groups in total. The van der Waals surface area contributed by atoms with Gasteiger partial charge in [-0.1, -0.05) is 13.8 Å². The Hall–Kier alpha value is -2.11. The van der Waals surface area contributed by atoms with Crippen molar-refractivity contribution in [3.63, 3.8) is 0 Å². The molecule has 1 aromatic rings. The maximum Gasteiger partial charge on any atom is 0.224 e. The molecule has 0 spiro atoms. The average molecular weight is 334 g/mol. The smallest absolute Gasteiger partial charge is 0.224 e. The van der Waals surface area contributed by atoms with Crippen molar-refractivity contribution in [3.05, 3.63) is 36.0 Å². The fraction of sp³-hybridized carbons (Fsp3) is 0.500. The predicted molar refractivity (Wildman–Crippen MR) is 91.8 cm³/mol. The molecular weight excluding hydrogens is 309 g/mol. The van der Waals surface area contributed by atoms with Gasteiger partial charge < -0.3 is 16.0 Å². The Kier molecular flexibility index (Phi) is 5.47. The normalized spacial score (nSPS) is 15.1. The lowest BCUT2D eigenvalue weighted by Gasteiger charge is -2.25. The van der Waals surface area contributed by atoms with Gasteiger partial charge in [-0.15, -0.1) is 0 Å². The number of nitrogens with zero attached hydrogens (tertiary/aromatic N) is 1. The molecule has 6 heteroatoms. The standard InChI is InChI=1S/C18H25FN3O2/c1-12(21-16(23)6-8-18(2,3)17(20)24)11-22-9-7-13-10-14(19)4-5-15(13)22/h4-6,10,12H,7-9,11H2,1-3H3,(H2,20,24)(H,21,23)/t12-/m0/s1. The first kappa shape index (κ1) is 18.2. The van der Waals surface area contributed by atoms with Crippen LogP contribution in [0.4, 0.5) is 10.1 Å². The summed E-state index contributed by atoms with van der Waals surface area (Å²) in [5.74, 6) is -0.862. The Labute approximate surface area is 142 Å². The highest BCUT2D eigenvalue weighted by atomic mass is 19.1. The van der Waals surface area contributed by atoms with Gasteiger partial charge in [0.1, 0.15) is 5.82 Å². The Balaban J connectivity index is 1.83. The molecule has 0 bridgehead atoms. The summed E-state index contributed by atoms with van der Waals surface area (Å²) in [6.07, 6.45) is 2.58. The Morgan fingerprint density at radius 3 is 2.83 bits per heavy atom. The minimum atomic E-state index is -0.738. The van der Waals surface area contributed by atoms with Gasteiger partial charge in [0.2, 0.25) is 11.8 Å². The van der Waals surface area contributed by atoms with E-state index in [1.807, 2.05) is 6.92 Å². The number of rotatable bonds is 7. The van der Waals surface area contributed by atoms with E-state index in [1.54, 1.807) is 26.0 Å². The lowest BCUT2D eigenvalue weighted by atomic mass is 9.87. The number of halogens is 1. The molecule has 24 heavy (non-hydrogen) atoms. The third-order valence-electron chi connectivity index (χ3n) is 4.38. The van der Waals surface area contributed by atoms with Crippen LogP contribution in [0.3, 0.4) is 0 Å². The van der Waals surface area contributed by atoms with Crippen LogP contribution in [-0.4, -0.2) is 30.9 Å². The highest BCUT2D eigenvalue weighted by Gasteiger charge is 2.26. The highest BCUT2D eigenvalue weighted by Crippen LogP contribution is 2.28. The average Bonchev–Trinajstić information content (AvgIpc) is 2.87. The fourth-order valence-corrected chi connectivity index (χ4v) is 2.75. The zero-order chi connectivity index (χ0) is 17.9. The minimum Gasteiger partial charge on any atom is -0.369 e. The molecule has 0 saturated heterocycles. The summed E-state index contributed by atoms with van der Waals surface area (Å²) in [6.45, 7) is 6.81. The molecule has 2 amide bonds. The van der Waals surface area contributed by atoms with Crippen molar-refractivity contribution in [2.24, 2.45) is 11.1 Å². The van der Waals surface area contributed by atoms with Crippen LogP contribution in [0, 0.1) is 17.7 Å². The van der Waals surface area contributed by atoms with Crippen LogP contribution in [0.2, 0.25) is 0 Å². The zero-order valence-electron chi connectivity index (χ0n) is 14.4. The first-order chi connectivity index (χ1) is 11.2. The second-order valence-corrected chi connectivity index (χ2v) is 7.04. The van der Waals surface area contributed by atoms with E-state index in [0.717, 1.165) is 24.2 Å². The third kappa shape index (κ3) is 4.46. The van der Waals surface area contributed by atoms with Crippen LogP contribution in [-0.2, 0) is 16.0 Å². The van der Waals surface area contributed by atoms with E-state index in [-0.39, 0.29) is 17.8 Å². The van der Waals surface area contributed by atoms with Crippen LogP contribution in [0.1, 0.15) is 32.8 Å². The number of amides is 2. The molecule has 0 aromatic heterocycles. The number of fused-ring (bicyclic) bond motifs is 1. The molecule has 1 radical (unpaired) electrons. The summed E-state index contributed by atoms with van der Waals surface area (Å²) >= 11 is 0. The number of anilines is 1. The molecule has 5 nitrogen and oxygen atoms in total. The second kappa shape index (κ2) is 7.20. The highest BCUT2D eigenvalue weighted by molar-refractivity contribution is 5.87. The van der Waals surface area contributed by atoms with Gasteiger partial charge >= 0.3 is 0 Å². The van der Waals surface area contributed by atoms with Crippen molar-refractivity contribution in [1.82, 2.24) is 5.32 Å². The zero-order valence-corrected chi connectivity index (χ0v) is 14.4. The van der Waals surface area contributed by atoms with Gasteiger partial charge in [-0.05, 0) is 43.5 Å². The van der Waals surface area contributed by atoms with Gasteiger partial charge in [0.15, 0.2) is 0 Å². The molecule has 1 atom stereocenters. The first-order valence-corrected chi connectivity index (χ1v) is 8.16. The van der Waals surface area contributed by atoms with Crippen LogP contribution < -0.4 is 16.0 Å². The van der Waals surface area contributed by atoms with Crippen molar-refractivity contribution in [2.75, 3.05) is 18.0 Å². The molecule has 1 aliphatic heterocycles. The molecule has 1 heterocycles. The summed E-state index contributed by atoms with van der Waals surface area (Å²) in [6, 6.07) is 4.74. The van der Waals surface area contributed by atoms with Crippen LogP contribution in [0.15, 0.2) is 18.2 Å². The third-order valence-corrected chi connectivity index (χ3v) is 4.38. The van der Waals surface area contributed by atoms with Gasteiger partial charge in [0.25, 0.3) is 0 Å². The maximum absolute atomic E-state index is 13.2. The minimum absolute atomic E-state index is 0.0681. The monoisotopic (exact) mass is 334 g/mol. The lowest BCUT2D eigenvalue weighted by Crippen LogP contribution is -2.42. The largest absolute Gasteiger partial charge is 0.369 e. The molecular formula is C18H25FN3O2. The van der Waals surface area contributed by atoms with Crippen molar-refractivity contribution < 1.29 is 14.0 Å². The van der Waals surface area contributed by atoms with E-state index in [4.69, 9.17) is 5.73 Å². The van der Waals surface area contributed by atoms with E-state index < -0.39 is 11.3 Å². The summed E-state index contributed by atoms with van der Waals surface area (Å²) in [7, 11) is 0. The summed E-state index contributed by atoms with van der Waals surface area (Å²) in [5, 5.41) is 2.90. The van der Waals surface area contributed by atoms with Crippen molar-refractivity contribution in [1.29, 1.82) is 0 Å².